The Balaban J connectivity index is 1.50. The number of rotatable bonds is 5. The van der Waals surface area contributed by atoms with E-state index in [9.17, 15) is 4.79 Å². The van der Waals surface area contributed by atoms with E-state index in [1.165, 1.54) is 17.3 Å². The molecule has 3 aromatic rings. The molecule has 1 aromatic heterocycles. The molecule has 4 rings (SSSR count). The van der Waals surface area contributed by atoms with Crippen molar-refractivity contribution in [3.05, 3.63) is 53.1 Å². The molecule has 1 aliphatic rings. The molecule has 0 saturated heterocycles. The first-order valence-corrected chi connectivity index (χ1v) is 9.52. The number of thioether (sulfide) groups is 1. The Kier molecular flexibility index (Phi) is 4.81. The van der Waals surface area contributed by atoms with Gasteiger partial charge >= 0.3 is 0 Å². The van der Waals surface area contributed by atoms with Crippen LogP contribution in [0.5, 0.6) is 11.5 Å². The molecule has 138 valence electrons. The van der Waals surface area contributed by atoms with E-state index < -0.39 is 0 Å². The second-order valence-corrected chi connectivity index (χ2v) is 7.18. The van der Waals surface area contributed by atoms with Gasteiger partial charge in [-0.15, -0.1) is 5.10 Å². The number of benzene rings is 2. The fourth-order valence-electron chi connectivity index (χ4n) is 2.89. The third-order valence-corrected chi connectivity index (χ3v) is 5.14. The van der Waals surface area contributed by atoms with E-state index in [2.05, 4.69) is 21.6 Å². The largest absolute Gasteiger partial charge is 0.486 e. The topological polar surface area (TPSA) is 79.1 Å². The van der Waals surface area contributed by atoms with Crippen LogP contribution in [0.2, 0.25) is 0 Å². The second-order valence-electron chi connectivity index (χ2n) is 6.23. The van der Waals surface area contributed by atoms with Crippen molar-refractivity contribution in [2.75, 3.05) is 19.0 Å². The van der Waals surface area contributed by atoms with Gasteiger partial charge in [0.25, 0.3) is 0 Å². The number of Topliss-reactive ketones (excluding diaryl/α,β-unsaturated/α-hetero) is 1. The first-order chi connectivity index (χ1) is 13.1. The Morgan fingerprint density at radius 2 is 1.93 bits per heavy atom. The lowest BCUT2D eigenvalue weighted by Crippen LogP contribution is -2.16. The van der Waals surface area contributed by atoms with Crippen molar-refractivity contribution >= 4 is 17.5 Å². The predicted molar refractivity (Wildman–Crippen MR) is 101 cm³/mol. The first-order valence-electron chi connectivity index (χ1n) is 8.53. The normalized spacial score (nSPS) is 12.8. The van der Waals surface area contributed by atoms with Gasteiger partial charge < -0.3 is 9.47 Å². The molecule has 0 saturated carbocycles. The lowest BCUT2D eigenvalue weighted by atomic mass is 10.1. The van der Waals surface area contributed by atoms with E-state index in [0.29, 0.717) is 35.4 Å². The van der Waals surface area contributed by atoms with Gasteiger partial charge in [0.1, 0.15) is 13.2 Å². The number of nitrogens with zero attached hydrogens (tertiary/aromatic N) is 4. The van der Waals surface area contributed by atoms with Crippen molar-refractivity contribution in [2.45, 2.75) is 19.0 Å². The van der Waals surface area contributed by atoms with Gasteiger partial charge in [0.15, 0.2) is 17.3 Å². The number of hydrogen-bond donors (Lipinski definition) is 0. The first kappa shape index (κ1) is 17.5. The summed E-state index contributed by atoms with van der Waals surface area (Å²) in [5, 5.41) is 12.5. The SMILES string of the molecule is Cc1ccc(-n2nnnc2SCC(=O)c2ccc3c(c2)OCCO3)c(C)c1. The zero-order valence-corrected chi connectivity index (χ0v) is 15.8. The lowest BCUT2D eigenvalue weighted by molar-refractivity contribution is 0.102. The Labute approximate surface area is 160 Å². The Morgan fingerprint density at radius 3 is 2.74 bits per heavy atom. The number of ketones is 1. The minimum Gasteiger partial charge on any atom is -0.486 e. The van der Waals surface area contributed by atoms with E-state index >= 15 is 0 Å². The van der Waals surface area contributed by atoms with Gasteiger partial charge in [0.05, 0.1) is 11.4 Å². The molecular formula is C19H18N4O3S. The van der Waals surface area contributed by atoms with Gasteiger partial charge in [-0.1, -0.05) is 29.5 Å². The summed E-state index contributed by atoms with van der Waals surface area (Å²) in [7, 11) is 0. The molecule has 0 unspecified atom stereocenters. The average molecular weight is 382 g/mol. The van der Waals surface area contributed by atoms with Crippen molar-refractivity contribution in [1.82, 2.24) is 20.2 Å². The summed E-state index contributed by atoms with van der Waals surface area (Å²) in [5.74, 6) is 1.49. The van der Waals surface area contributed by atoms with Crippen molar-refractivity contribution in [1.29, 1.82) is 0 Å². The molecule has 7 nitrogen and oxygen atoms in total. The third-order valence-electron chi connectivity index (χ3n) is 4.22. The monoisotopic (exact) mass is 382 g/mol. The molecule has 0 atom stereocenters. The summed E-state index contributed by atoms with van der Waals surface area (Å²) < 4.78 is 12.7. The van der Waals surface area contributed by atoms with Crippen molar-refractivity contribution in [3.8, 4) is 17.2 Å². The Morgan fingerprint density at radius 1 is 1.11 bits per heavy atom. The molecule has 0 aliphatic carbocycles. The number of tetrazole rings is 1. The van der Waals surface area contributed by atoms with Crippen LogP contribution >= 0.6 is 11.8 Å². The maximum Gasteiger partial charge on any atom is 0.214 e. The molecule has 0 bridgehead atoms. The van der Waals surface area contributed by atoms with Crippen molar-refractivity contribution in [2.24, 2.45) is 0 Å². The van der Waals surface area contributed by atoms with Gasteiger partial charge in [0.2, 0.25) is 5.16 Å². The summed E-state index contributed by atoms with van der Waals surface area (Å²) in [6.07, 6.45) is 0. The summed E-state index contributed by atoms with van der Waals surface area (Å²) >= 11 is 1.31. The van der Waals surface area contributed by atoms with E-state index in [1.54, 1.807) is 22.9 Å². The highest BCUT2D eigenvalue weighted by molar-refractivity contribution is 7.99. The highest BCUT2D eigenvalue weighted by Crippen LogP contribution is 2.31. The third kappa shape index (κ3) is 3.66. The van der Waals surface area contributed by atoms with E-state index in [4.69, 9.17) is 9.47 Å². The molecule has 2 heterocycles. The van der Waals surface area contributed by atoms with Gasteiger partial charge in [-0.2, -0.15) is 4.68 Å². The fourth-order valence-corrected chi connectivity index (χ4v) is 3.67. The fraction of sp³-hybridized carbons (Fsp3) is 0.263. The van der Waals surface area contributed by atoms with E-state index in [1.807, 2.05) is 26.0 Å². The molecule has 0 N–H and O–H groups in total. The van der Waals surface area contributed by atoms with Crippen LogP contribution in [0.1, 0.15) is 21.5 Å². The van der Waals surface area contributed by atoms with Crippen LogP contribution < -0.4 is 9.47 Å². The summed E-state index contributed by atoms with van der Waals surface area (Å²) in [6, 6.07) is 11.3. The Hall–Kier alpha value is -2.87. The van der Waals surface area contributed by atoms with Crippen LogP contribution in [0, 0.1) is 13.8 Å². The number of ether oxygens (including phenoxy) is 2. The van der Waals surface area contributed by atoms with Crippen molar-refractivity contribution < 1.29 is 14.3 Å². The average Bonchev–Trinajstić information content (AvgIpc) is 3.14. The maximum absolute atomic E-state index is 12.6. The number of aromatic nitrogens is 4. The van der Waals surface area contributed by atoms with E-state index in [-0.39, 0.29) is 11.5 Å². The highest BCUT2D eigenvalue weighted by Gasteiger charge is 2.17. The molecule has 0 radical (unpaired) electrons. The van der Waals surface area contributed by atoms with Gasteiger partial charge in [0, 0.05) is 5.56 Å². The molecule has 0 spiro atoms. The number of hydrogen-bond acceptors (Lipinski definition) is 7. The second kappa shape index (κ2) is 7.40. The smallest absolute Gasteiger partial charge is 0.214 e. The summed E-state index contributed by atoms with van der Waals surface area (Å²) in [6.45, 7) is 5.07. The molecule has 2 aromatic carbocycles. The van der Waals surface area contributed by atoms with Crippen molar-refractivity contribution in [3.63, 3.8) is 0 Å². The molecule has 0 fully saturated rings. The van der Waals surface area contributed by atoms with Gasteiger partial charge in [-0.25, -0.2) is 0 Å². The van der Waals surface area contributed by atoms with Crippen LogP contribution in [0.3, 0.4) is 0 Å². The quantitative estimate of drug-likeness (QED) is 0.496. The minimum atomic E-state index is -0.0212. The van der Waals surface area contributed by atoms with Crippen LogP contribution in [0.25, 0.3) is 5.69 Å². The van der Waals surface area contributed by atoms with Crippen LogP contribution in [0.15, 0.2) is 41.6 Å². The van der Waals surface area contributed by atoms with Crippen LogP contribution in [-0.2, 0) is 0 Å². The lowest BCUT2D eigenvalue weighted by Gasteiger charge is -2.18. The maximum atomic E-state index is 12.6. The Bertz CT molecular complexity index is 1000. The zero-order valence-electron chi connectivity index (χ0n) is 15.0. The van der Waals surface area contributed by atoms with Crippen LogP contribution in [0.4, 0.5) is 0 Å². The molecule has 27 heavy (non-hydrogen) atoms. The predicted octanol–water partition coefficient (Wildman–Crippen LogP) is 3.03. The minimum absolute atomic E-state index is 0.0212. The van der Waals surface area contributed by atoms with Gasteiger partial charge in [-0.05, 0) is 54.1 Å². The number of fused-ring (bicyclic) bond motifs is 1. The summed E-state index contributed by atoms with van der Waals surface area (Å²) in [4.78, 5) is 12.6. The van der Waals surface area contributed by atoms with Crippen LogP contribution in [-0.4, -0.2) is 45.0 Å². The zero-order chi connectivity index (χ0) is 18.8. The van der Waals surface area contributed by atoms with Gasteiger partial charge in [-0.3, -0.25) is 4.79 Å². The molecule has 8 heteroatoms. The summed E-state index contributed by atoms with van der Waals surface area (Å²) in [5.41, 5.74) is 3.73. The number of aryl methyl sites for hydroxylation is 2. The van der Waals surface area contributed by atoms with E-state index in [0.717, 1.165) is 11.3 Å². The molecular weight excluding hydrogens is 364 g/mol. The molecule has 1 aliphatic heterocycles. The highest BCUT2D eigenvalue weighted by atomic mass is 32.2. The number of carbonyl (C=O) groups is 1. The standard InChI is InChI=1S/C19H18N4O3S/c1-12-3-5-15(13(2)9-12)23-19(20-21-22-23)27-11-16(24)14-4-6-17-18(10-14)26-8-7-25-17/h3-6,9-10H,7-8,11H2,1-2H3. The molecule has 0 amide bonds. The number of carbonyl (C=O) groups excluding carboxylic acids is 1.